The highest BCUT2D eigenvalue weighted by atomic mass is 32.2. The minimum atomic E-state index is -3.86. The number of nitrogens with zero attached hydrogens (tertiary/aromatic N) is 1. The summed E-state index contributed by atoms with van der Waals surface area (Å²) in [5, 5.41) is 2.80. The van der Waals surface area contributed by atoms with E-state index >= 15 is 0 Å². The van der Waals surface area contributed by atoms with Crippen molar-refractivity contribution in [1.82, 2.24) is 10.3 Å². The average molecular weight is 426 g/mol. The lowest BCUT2D eigenvalue weighted by Crippen LogP contribution is -2.26. The van der Waals surface area contributed by atoms with Crippen molar-refractivity contribution in [2.24, 2.45) is 0 Å². The van der Waals surface area contributed by atoms with Gasteiger partial charge in [0, 0.05) is 36.1 Å². The molecule has 0 radical (unpaired) electrons. The number of methoxy groups -OCH3 is 1. The van der Waals surface area contributed by atoms with Crippen LogP contribution in [0.1, 0.15) is 21.6 Å². The maximum atomic E-state index is 12.9. The number of hydrogen-bond donors (Lipinski definition) is 2. The van der Waals surface area contributed by atoms with Gasteiger partial charge in [-0.25, -0.2) is 8.42 Å². The highest BCUT2D eigenvalue weighted by Gasteiger charge is 2.19. The largest absolute Gasteiger partial charge is 0.497 e. The van der Waals surface area contributed by atoms with E-state index in [1.54, 1.807) is 49.5 Å². The summed E-state index contributed by atoms with van der Waals surface area (Å²) in [6, 6.07) is 16.8. The molecule has 2 N–H and O–H groups in total. The average Bonchev–Trinajstić information content (AvgIpc) is 2.75. The molecule has 3 rings (SSSR count). The van der Waals surface area contributed by atoms with Crippen LogP contribution in [0, 0.1) is 6.92 Å². The predicted molar refractivity (Wildman–Crippen MR) is 115 cm³/mol. The Labute approximate surface area is 176 Å². The summed E-state index contributed by atoms with van der Waals surface area (Å²) in [7, 11) is -2.33. The molecular formula is C22H23N3O4S. The fourth-order valence-corrected chi connectivity index (χ4v) is 4.18. The van der Waals surface area contributed by atoms with Gasteiger partial charge < -0.3 is 10.1 Å². The molecule has 0 aliphatic rings. The molecule has 0 spiro atoms. The van der Waals surface area contributed by atoms with E-state index in [-0.39, 0.29) is 16.4 Å². The quantitative estimate of drug-likeness (QED) is 0.578. The van der Waals surface area contributed by atoms with Crippen molar-refractivity contribution in [2.45, 2.75) is 18.2 Å². The van der Waals surface area contributed by atoms with Crippen molar-refractivity contribution in [2.75, 3.05) is 18.4 Å². The highest BCUT2D eigenvalue weighted by molar-refractivity contribution is 7.92. The number of carbonyl (C=O) groups is 1. The Bertz CT molecular complexity index is 1110. The van der Waals surface area contributed by atoms with Gasteiger partial charge in [-0.2, -0.15) is 0 Å². The Morgan fingerprint density at radius 2 is 1.83 bits per heavy atom. The van der Waals surface area contributed by atoms with Gasteiger partial charge >= 0.3 is 0 Å². The maximum Gasteiger partial charge on any atom is 0.262 e. The molecule has 7 nitrogen and oxygen atoms in total. The molecule has 8 heteroatoms. The zero-order valence-corrected chi connectivity index (χ0v) is 17.6. The molecule has 156 valence electrons. The van der Waals surface area contributed by atoms with Crippen molar-refractivity contribution >= 4 is 21.6 Å². The van der Waals surface area contributed by atoms with Crippen LogP contribution < -0.4 is 14.8 Å². The van der Waals surface area contributed by atoms with Crippen molar-refractivity contribution in [3.63, 3.8) is 0 Å². The lowest BCUT2D eigenvalue weighted by molar-refractivity contribution is 0.0954. The fourth-order valence-electron chi connectivity index (χ4n) is 2.85. The number of pyridine rings is 1. The van der Waals surface area contributed by atoms with E-state index in [4.69, 9.17) is 4.74 Å². The van der Waals surface area contributed by atoms with Crippen LogP contribution in [0.15, 0.2) is 71.8 Å². The number of rotatable bonds is 8. The third-order valence-corrected chi connectivity index (χ3v) is 6.00. The van der Waals surface area contributed by atoms with Gasteiger partial charge in [-0.3, -0.25) is 14.5 Å². The molecule has 1 heterocycles. The topological polar surface area (TPSA) is 97.4 Å². The number of nitrogens with one attached hydrogen (secondary N) is 2. The molecule has 0 fully saturated rings. The van der Waals surface area contributed by atoms with Gasteiger partial charge in [-0.1, -0.05) is 12.1 Å². The Hall–Kier alpha value is -3.39. The van der Waals surface area contributed by atoms with Crippen LogP contribution in [-0.4, -0.2) is 33.0 Å². The SMILES string of the molecule is COc1ccc(NS(=O)(=O)c2cc(C(=O)NCCc3ccccn3)ccc2C)cc1. The standard InChI is InChI=1S/C22H23N3O4S/c1-16-6-7-17(22(26)24-14-12-18-5-3-4-13-23-18)15-21(16)30(27,28)25-19-8-10-20(29-2)11-9-19/h3-11,13,15,25H,12,14H2,1-2H3,(H,24,26). The van der Waals surface area contributed by atoms with Crippen LogP contribution in [0.2, 0.25) is 0 Å². The van der Waals surface area contributed by atoms with Crippen molar-refractivity contribution < 1.29 is 17.9 Å². The Morgan fingerprint density at radius 3 is 2.50 bits per heavy atom. The van der Waals surface area contributed by atoms with Crippen molar-refractivity contribution in [1.29, 1.82) is 0 Å². The second kappa shape index (κ2) is 9.41. The first kappa shape index (κ1) is 21.3. The number of ether oxygens (including phenoxy) is 1. The fraction of sp³-hybridized carbons (Fsp3) is 0.182. The third-order valence-electron chi connectivity index (χ3n) is 4.47. The van der Waals surface area contributed by atoms with Crippen LogP contribution >= 0.6 is 0 Å². The van der Waals surface area contributed by atoms with Gasteiger partial charge in [0.15, 0.2) is 0 Å². The molecule has 0 bridgehead atoms. The lowest BCUT2D eigenvalue weighted by Gasteiger charge is -2.12. The summed E-state index contributed by atoms with van der Waals surface area (Å²) >= 11 is 0. The monoisotopic (exact) mass is 425 g/mol. The number of anilines is 1. The van der Waals surface area contributed by atoms with Crippen molar-refractivity contribution in [3.05, 3.63) is 83.7 Å². The zero-order valence-electron chi connectivity index (χ0n) is 16.8. The first-order valence-corrected chi connectivity index (χ1v) is 10.8. The summed E-state index contributed by atoms with van der Waals surface area (Å²) < 4.78 is 33.4. The highest BCUT2D eigenvalue weighted by Crippen LogP contribution is 2.22. The number of benzene rings is 2. The summed E-state index contributed by atoms with van der Waals surface area (Å²) in [5.41, 5.74) is 2.09. The summed E-state index contributed by atoms with van der Waals surface area (Å²) in [6.45, 7) is 2.08. The van der Waals surface area contributed by atoms with Crippen LogP contribution in [0.3, 0.4) is 0 Å². The molecule has 0 saturated heterocycles. The first-order valence-electron chi connectivity index (χ1n) is 9.35. The third kappa shape index (κ3) is 5.36. The van der Waals surface area contributed by atoms with Crippen LogP contribution in [0.5, 0.6) is 5.75 Å². The Balaban J connectivity index is 1.72. The van der Waals surface area contributed by atoms with E-state index in [1.807, 2.05) is 18.2 Å². The lowest BCUT2D eigenvalue weighted by atomic mass is 10.1. The van der Waals surface area contributed by atoms with Gasteiger partial charge in [0.05, 0.1) is 12.0 Å². The second-order valence-corrected chi connectivity index (χ2v) is 8.29. The number of carbonyl (C=O) groups excluding carboxylic acids is 1. The van der Waals surface area contributed by atoms with Gasteiger partial charge in [0.2, 0.25) is 0 Å². The van der Waals surface area contributed by atoms with E-state index < -0.39 is 10.0 Å². The van der Waals surface area contributed by atoms with E-state index in [1.165, 1.54) is 13.2 Å². The van der Waals surface area contributed by atoms with Crippen LogP contribution in [0.4, 0.5) is 5.69 Å². The number of amides is 1. The van der Waals surface area contributed by atoms with E-state index in [0.29, 0.717) is 30.0 Å². The van der Waals surface area contributed by atoms with Crippen LogP contribution in [-0.2, 0) is 16.4 Å². The van der Waals surface area contributed by atoms with E-state index in [0.717, 1.165) is 5.69 Å². The normalized spacial score (nSPS) is 11.0. The minimum Gasteiger partial charge on any atom is -0.497 e. The smallest absolute Gasteiger partial charge is 0.262 e. The van der Waals surface area contributed by atoms with E-state index in [2.05, 4.69) is 15.0 Å². The molecule has 1 amide bonds. The van der Waals surface area contributed by atoms with Gasteiger partial charge in [0.25, 0.3) is 15.9 Å². The molecule has 1 aromatic heterocycles. The summed E-state index contributed by atoms with van der Waals surface area (Å²) in [5.74, 6) is 0.283. The first-order chi connectivity index (χ1) is 14.4. The molecule has 3 aromatic rings. The summed E-state index contributed by atoms with van der Waals surface area (Å²) in [6.07, 6.45) is 2.28. The Morgan fingerprint density at radius 1 is 1.07 bits per heavy atom. The summed E-state index contributed by atoms with van der Waals surface area (Å²) in [4.78, 5) is 16.8. The number of aromatic nitrogens is 1. The van der Waals surface area contributed by atoms with Gasteiger partial charge in [0.1, 0.15) is 5.75 Å². The van der Waals surface area contributed by atoms with Crippen molar-refractivity contribution in [3.8, 4) is 5.75 Å². The molecule has 0 aliphatic heterocycles. The molecule has 30 heavy (non-hydrogen) atoms. The molecule has 0 saturated carbocycles. The Kier molecular flexibility index (Phi) is 6.68. The predicted octanol–water partition coefficient (Wildman–Crippen LogP) is 3.17. The zero-order chi connectivity index (χ0) is 21.6. The molecule has 0 unspecified atom stereocenters. The molecule has 2 aromatic carbocycles. The van der Waals surface area contributed by atoms with E-state index in [9.17, 15) is 13.2 Å². The van der Waals surface area contributed by atoms with Gasteiger partial charge in [-0.15, -0.1) is 0 Å². The maximum absolute atomic E-state index is 12.9. The molecule has 0 atom stereocenters. The minimum absolute atomic E-state index is 0.0516. The number of aryl methyl sites for hydroxylation is 1. The number of hydrogen-bond acceptors (Lipinski definition) is 5. The van der Waals surface area contributed by atoms with Gasteiger partial charge in [-0.05, 0) is 61.0 Å². The molecule has 0 aliphatic carbocycles. The molecular weight excluding hydrogens is 402 g/mol. The van der Waals surface area contributed by atoms with Crippen LogP contribution in [0.25, 0.3) is 0 Å². The second-order valence-electron chi connectivity index (χ2n) is 6.64. The number of sulfonamides is 1.